The van der Waals surface area contributed by atoms with Gasteiger partial charge < -0.3 is 10.1 Å². The molecule has 0 spiro atoms. The van der Waals surface area contributed by atoms with Gasteiger partial charge in [-0.3, -0.25) is 0 Å². The number of benzene rings is 1. The minimum absolute atomic E-state index is 0.523. The fraction of sp³-hybridized carbons (Fsp3) is 0.600. The van der Waals surface area contributed by atoms with Gasteiger partial charge in [0.05, 0.1) is 0 Å². The Bertz CT molecular complexity index is 362. The molecular formula is C15H23NO. The minimum Gasteiger partial charge on any atom is -0.385 e. The second kappa shape index (κ2) is 6.18. The Morgan fingerprint density at radius 2 is 2.12 bits per heavy atom. The zero-order valence-electron chi connectivity index (χ0n) is 11.0. The molecular weight excluding hydrogens is 210 g/mol. The Morgan fingerprint density at radius 3 is 2.88 bits per heavy atom. The molecule has 2 rings (SSSR count). The van der Waals surface area contributed by atoms with Crippen molar-refractivity contribution in [1.82, 2.24) is 5.32 Å². The summed E-state index contributed by atoms with van der Waals surface area (Å²) in [6, 6.07) is 7.54. The summed E-state index contributed by atoms with van der Waals surface area (Å²) in [5.74, 6) is 0. The smallest absolute Gasteiger partial charge is 0.0477 e. The molecule has 1 N–H and O–H groups in total. The maximum Gasteiger partial charge on any atom is 0.0477 e. The molecule has 94 valence electrons. The summed E-state index contributed by atoms with van der Waals surface area (Å²) < 4.78 is 5.15. The molecule has 1 unspecified atom stereocenters. The van der Waals surface area contributed by atoms with Crippen LogP contribution in [0.25, 0.3) is 0 Å². The standard InChI is InChI=1S/C15H23NO/c1-16-15(8-9-17-2)11-12-6-7-13-4-3-5-14(13)10-12/h6-7,10,15-16H,3-5,8-9,11H2,1-2H3. The zero-order chi connectivity index (χ0) is 12.1. The van der Waals surface area contributed by atoms with Crippen LogP contribution < -0.4 is 5.32 Å². The van der Waals surface area contributed by atoms with Crippen LogP contribution in [0.15, 0.2) is 18.2 Å². The number of nitrogens with one attached hydrogen (secondary N) is 1. The summed E-state index contributed by atoms with van der Waals surface area (Å²) in [7, 11) is 3.80. The van der Waals surface area contributed by atoms with Gasteiger partial charge in [-0.1, -0.05) is 18.2 Å². The van der Waals surface area contributed by atoms with Crippen LogP contribution >= 0.6 is 0 Å². The van der Waals surface area contributed by atoms with Gasteiger partial charge in [-0.15, -0.1) is 0 Å². The summed E-state index contributed by atoms with van der Waals surface area (Å²) in [5.41, 5.74) is 4.59. The van der Waals surface area contributed by atoms with Crippen molar-refractivity contribution in [2.75, 3.05) is 20.8 Å². The largest absolute Gasteiger partial charge is 0.385 e. The summed E-state index contributed by atoms with van der Waals surface area (Å²) in [6.07, 6.45) is 6.05. The van der Waals surface area contributed by atoms with Gasteiger partial charge in [-0.25, -0.2) is 0 Å². The number of hydrogen-bond acceptors (Lipinski definition) is 2. The van der Waals surface area contributed by atoms with Crippen molar-refractivity contribution in [3.8, 4) is 0 Å². The van der Waals surface area contributed by atoms with Crippen LogP contribution in [-0.4, -0.2) is 26.8 Å². The van der Waals surface area contributed by atoms with E-state index in [1.165, 1.54) is 24.8 Å². The second-order valence-electron chi connectivity index (χ2n) is 4.93. The number of fused-ring (bicyclic) bond motifs is 1. The first-order chi connectivity index (χ1) is 8.33. The molecule has 1 atom stereocenters. The lowest BCUT2D eigenvalue weighted by Crippen LogP contribution is -2.28. The molecule has 0 saturated carbocycles. The molecule has 2 nitrogen and oxygen atoms in total. The number of aryl methyl sites for hydroxylation is 2. The number of likely N-dealkylation sites (N-methyl/N-ethyl adjacent to an activating group) is 1. The van der Waals surface area contributed by atoms with E-state index in [1.54, 1.807) is 18.2 Å². The van der Waals surface area contributed by atoms with Crippen molar-refractivity contribution >= 4 is 0 Å². The monoisotopic (exact) mass is 233 g/mol. The number of rotatable bonds is 6. The van der Waals surface area contributed by atoms with Crippen molar-refractivity contribution in [3.05, 3.63) is 34.9 Å². The van der Waals surface area contributed by atoms with Crippen LogP contribution in [0.4, 0.5) is 0 Å². The minimum atomic E-state index is 0.523. The highest BCUT2D eigenvalue weighted by atomic mass is 16.5. The lowest BCUT2D eigenvalue weighted by molar-refractivity contribution is 0.184. The molecule has 1 aromatic rings. The maximum absolute atomic E-state index is 5.15. The van der Waals surface area contributed by atoms with E-state index in [0.717, 1.165) is 19.4 Å². The highest BCUT2D eigenvalue weighted by molar-refractivity contribution is 5.35. The van der Waals surface area contributed by atoms with Crippen LogP contribution in [0.3, 0.4) is 0 Å². The van der Waals surface area contributed by atoms with Gasteiger partial charge in [0.15, 0.2) is 0 Å². The number of ether oxygens (including phenoxy) is 1. The van der Waals surface area contributed by atoms with Crippen molar-refractivity contribution < 1.29 is 4.74 Å². The first-order valence-electron chi connectivity index (χ1n) is 6.60. The molecule has 0 heterocycles. The van der Waals surface area contributed by atoms with Crippen molar-refractivity contribution in [2.45, 2.75) is 38.1 Å². The Balaban J connectivity index is 1.97. The van der Waals surface area contributed by atoms with Gasteiger partial charge in [0.25, 0.3) is 0 Å². The predicted octanol–water partition coefficient (Wildman–Crippen LogP) is 2.34. The van der Waals surface area contributed by atoms with Gasteiger partial charge in [0.2, 0.25) is 0 Å². The van der Waals surface area contributed by atoms with Gasteiger partial charge in [-0.2, -0.15) is 0 Å². The molecule has 0 fully saturated rings. The molecule has 1 aromatic carbocycles. The maximum atomic E-state index is 5.15. The Labute approximate surface area is 104 Å². The third-order valence-electron chi connectivity index (χ3n) is 3.72. The first kappa shape index (κ1) is 12.6. The van der Waals surface area contributed by atoms with E-state index >= 15 is 0 Å². The van der Waals surface area contributed by atoms with E-state index < -0.39 is 0 Å². The first-order valence-corrected chi connectivity index (χ1v) is 6.60. The summed E-state index contributed by atoms with van der Waals surface area (Å²) in [6.45, 7) is 0.830. The Morgan fingerprint density at radius 1 is 1.29 bits per heavy atom. The average molecular weight is 233 g/mol. The highest BCUT2D eigenvalue weighted by Gasteiger charge is 2.12. The van der Waals surface area contributed by atoms with Gasteiger partial charge in [-0.05, 0) is 55.8 Å². The summed E-state index contributed by atoms with van der Waals surface area (Å²) >= 11 is 0. The van der Waals surface area contributed by atoms with E-state index in [9.17, 15) is 0 Å². The molecule has 17 heavy (non-hydrogen) atoms. The number of hydrogen-bond donors (Lipinski definition) is 1. The molecule has 1 aliphatic carbocycles. The third-order valence-corrected chi connectivity index (χ3v) is 3.72. The lowest BCUT2D eigenvalue weighted by Gasteiger charge is -2.16. The molecule has 0 aliphatic heterocycles. The molecule has 2 heteroatoms. The highest BCUT2D eigenvalue weighted by Crippen LogP contribution is 2.23. The summed E-state index contributed by atoms with van der Waals surface area (Å²) in [4.78, 5) is 0. The van der Waals surface area contributed by atoms with E-state index in [4.69, 9.17) is 4.74 Å². The molecule has 0 aromatic heterocycles. The molecule has 0 saturated heterocycles. The van der Waals surface area contributed by atoms with Crippen molar-refractivity contribution in [3.63, 3.8) is 0 Å². The van der Waals surface area contributed by atoms with E-state index in [1.807, 2.05) is 7.05 Å². The molecule has 0 bridgehead atoms. The van der Waals surface area contributed by atoms with Crippen molar-refractivity contribution in [2.24, 2.45) is 0 Å². The summed E-state index contributed by atoms with van der Waals surface area (Å²) in [5, 5.41) is 3.37. The average Bonchev–Trinajstić information content (AvgIpc) is 2.81. The predicted molar refractivity (Wildman–Crippen MR) is 71.5 cm³/mol. The van der Waals surface area contributed by atoms with E-state index in [-0.39, 0.29) is 0 Å². The molecule has 0 radical (unpaired) electrons. The lowest BCUT2D eigenvalue weighted by atomic mass is 9.99. The molecule has 1 aliphatic rings. The van der Waals surface area contributed by atoms with Crippen LogP contribution in [0.5, 0.6) is 0 Å². The normalized spacial score (nSPS) is 15.9. The van der Waals surface area contributed by atoms with Gasteiger partial charge in [0.1, 0.15) is 0 Å². The fourth-order valence-electron chi connectivity index (χ4n) is 2.65. The van der Waals surface area contributed by atoms with Gasteiger partial charge >= 0.3 is 0 Å². The van der Waals surface area contributed by atoms with Crippen LogP contribution in [-0.2, 0) is 24.0 Å². The Kier molecular flexibility index (Phi) is 4.57. The fourth-order valence-corrected chi connectivity index (χ4v) is 2.65. The molecule has 0 amide bonds. The van der Waals surface area contributed by atoms with E-state index in [0.29, 0.717) is 6.04 Å². The van der Waals surface area contributed by atoms with Crippen LogP contribution in [0, 0.1) is 0 Å². The topological polar surface area (TPSA) is 21.3 Å². The zero-order valence-corrected chi connectivity index (χ0v) is 11.0. The Hall–Kier alpha value is -0.860. The third kappa shape index (κ3) is 3.30. The van der Waals surface area contributed by atoms with Crippen molar-refractivity contribution in [1.29, 1.82) is 0 Å². The SMILES string of the molecule is CNC(CCOC)Cc1ccc2c(c1)CCC2. The van der Waals surface area contributed by atoms with Gasteiger partial charge in [0, 0.05) is 19.8 Å². The van der Waals surface area contributed by atoms with Crippen LogP contribution in [0.1, 0.15) is 29.5 Å². The number of methoxy groups -OCH3 is 1. The van der Waals surface area contributed by atoms with E-state index in [2.05, 4.69) is 23.5 Å². The quantitative estimate of drug-likeness (QED) is 0.814. The van der Waals surface area contributed by atoms with Crippen LogP contribution in [0.2, 0.25) is 0 Å². The second-order valence-corrected chi connectivity index (χ2v) is 4.93.